The van der Waals surface area contributed by atoms with Gasteiger partial charge in [0.2, 0.25) is 17.7 Å². The van der Waals surface area contributed by atoms with E-state index in [-0.39, 0.29) is 31.3 Å². The van der Waals surface area contributed by atoms with E-state index in [9.17, 15) is 19.2 Å². The molecule has 0 bridgehead atoms. The van der Waals surface area contributed by atoms with E-state index in [0.29, 0.717) is 12.8 Å². The summed E-state index contributed by atoms with van der Waals surface area (Å²) < 4.78 is 5.20. The van der Waals surface area contributed by atoms with Gasteiger partial charge in [0.15, 0.2) is 0 Å². The van der Waals surface area contributed by atoms with Crippen molar-refractivity contribution < 1.29 is 23.9 Å². The molecule has 184 valence electrons. The van der Waals surface area contributed by atoms with Crippen LogP contribution < -0.4 is 22.1 Å². The summed E-state index contributed by atoms with van der Waals surface area (Å²) in [5, 5.41) is 5.27. The first-order chi connectivity index (χ1) is 15.5. The molecule has 1 aromatic rings. The molecule has 1 aromatic carbocycles. The zero-order valence-electron chi connectivity index (χ0n) is 20.0. The number of carbonyl (C=O) groups is 4. The molecule has 0 spiro atoms. The van der Waals surface area contributed by atoms with Crippen molar-refractivity contribution in [3.63, 3.8) is 0 Å². The number of primary amides is 1. The molecule has 0 unspecified atom stereocenters. The van der Waals surface area contributed by atoms with Gasteiger partial charge in [0.1, 0.15) is 18.7 Å². The molecule has 0 aliphatic rings. The van der Waals surface area contributed by atoms with Gasteiger partial charge in [0, 0.05) is 6.42 Å². The molecule has 0 aromatic heterocycles. The van der Waals surface area contributed by atoms with Crippen molar-refractivity contribution in [2.24, 2.45) is 23.3 Å². The van der Waals surface area contributed by atoms with E-state index in [1.54, 1.807) is 0 Å². The molecule has 9 heteroatoms. The Hall–Kier alpha value is -2.94. The number of hydrogen-bond donors (Lipinski definition) is 4. The maximum Gasteiger partial charge on any atom is 0.306 e. The van der Waals surface area contributed by atoms with Crippen LogP contribution in [0, 0.1) is 11.8 Å². The van der Waals surface area contributed by atoms with Gasteiger partial charge in [-0.25, -0.2) is 0 Å². The maximum atomic E-state index is 12.9. The second-order valence-corrected chi connectivity index (χ2v) is 8.76. The minimum atomic E-state index is -1.07. The number of hydrogen-bond acceptors (Lipinski definition) is 6. The van der Waals surface area contributed by atoms with E-state index in [4.69, 9.17) is 16.2 Å². The van der Waals surface area contributed by atoms with Crippen molar-refractivity contribution in [3.8, 4) is 0 Å². The van der Waals surface area contributed by atoms with Crippen molar-refractivity contribution >= 4 is 23.7 Å². The van der Waals surface area contributed by atoms with Gasteiger partial charge >= 0.3 is 5.97 Å². The van der Waals surface area contributed by atoms with Crippen molar-refractivity contribution in [2.45, 2.75) is 78.1 Å². The minimum Gasteiger partial charge on any atom is -0.461 e. The predicted octanol–water partition coefficient (Wildman–Crippen LogP) is 1.38. The van der Waals surface area contributed by atoms with Gasteiger partial charge < -0.3 is 26.8 Å². The molecule has 1 rings (SSSR count). The topological polar surface area (TPSA) is 154 Å². The second kappa shape index (κ2) is 14.3. The van der Waals surface area contributed by atoms with Gasteiger partial charge in [0.25, 0.3) is 0 Å². The lowest BCUT2D eigenvalue weighted by molar-refractivity contribution is -0.145. The normalized spacial score (nSPS) is 14.6. The highest BCUT2D eigenvalue weighted by Crippen LogP contribution is 2.11. The summed E-state index contributed by atoms with van der Waals surface area (Å²) in [6, 6.07) is 6.50. The minimum absolute atomic E-state index is 0.0112. The Bertz CT molecular complexity index is 784. The number of nitrogens with two attached hydrogens (primary N) is 2. The van der Waals surface area contributed by atoms with E-state index >= 15 is 0 Å². The van der Waals surface area contributed by atoms with E-state index in [2.05, 4.69) is 10.6 Å². The number of ether oxygens (including phenoxy) is 1. The van der Waals surface area contributed by atoms with Gasteiger partial charge in [0.05, 0.1) is 6.04 Å². The Balaban J connectivity index is 2.69. The van der Waals surface area contributed by atoms with Crippen LogP contribution in [0.25, 0.3) is 0 Å². The quantitative estimate of drug-likeness (QED) is 0.306. The third-order valence-corrected chi connectivity index (χ3v) is 5.40. The fourth-order valence-electron chi connectivity index (χ4n) is 3.20. The van der Waals surface area contributed by atoms with Gasteiger partial charge in [-0.3, -0.25) is 19.2 Å². The third-order valence-electron chi connectivity index (χ3n) is 5.40. The van der Waals surface area contributed by atoms with Gasteiger partial charge in [-0.05, 0) is 30.2 Å². The van der Waals surface area contributed by atoms with E-state index in [1.807, 2.05) is 58.0 Å². The van der Waals surface area contributed by atoms with Crippen LogP contribution in [0.1, 0.15) is 58.9 Å². The molecule has 0 fully saturated rings. The Morgan fingerprint density at radius 2 is 1.64 bits per heavy atom. The van der Waals surface area contributed by atoms with Crippen LogP contribution in [0.3, 0.4) is 0 Å². The van der Waals surface area contributed by atoms with E-state index in [0.717, 1.165) is 5.56 Å². The standard InChI is InChI=1S/C24H38N4O5/c1-5-16(4)21(28-23(31)18(25)13-15(2)3)24(32)27-19(22(26)30)11-12-20(29)33-14-17-9-7-6-8-10-17/h6-10,15-16,18-19,21H,5,11-14,25H2,1-4H3,(H2,26,30)(H,27,32)(H,28,31)/t16-,18-,19+,21-/m1/s1. The monoisotopic (exact) mass is 462 g/mol. The Morgan fingerprint density at radius 3 is 2.18 bits per heavy atom. The van der Waals surface area contributed by atoms with Crippen LogP contribution in [-0.4, -0.2) is 41.8 Å². The average Bonchev–Trinajstić information content (AvgIpc) is 2.77. The van der Waals surface area contributed by atoms with Crippen molar-refractivity contribution in [1.82, 2.24) is 10.6 Å². The molecular formula is C24H38N4O5. The number of esters is 1. The Kier molecular flexibility index (Phi) is 12.1. The van der Waals surface area contributed by atoms with Crippen LogP contribution in [0.2, 0.25) is 0 Å². The Labute approximate surface area is 196 Å². The lowest BCUT2D eigenvalue weighted by Gasteiger charge is -2.27. The maximum absolute atomic E-state index is 12.9. The fourth-order valence-corrected chi connectivity index (χ4v) is 3.20. The van der Waals surface area contributed by atoms with Crippen LogP contribution in [0.15, 0.2) is 30.3 Å². The molecule has 0 heterocycles. The van der Waals surface area contributed by atoms with Crippen molar-refractivity contribution in [1.29, 1.82) is 0 Å². The van der Waals surface area contributed by atoms with Crippen LogP contribution in [0.4, 0.5) is 0 Å². The molecule has 0 radical (unpaired) electrons. The van der Waals surface area contributed by atoms with Crippen molar-refractivity contribution in [2.75, 3.05) is 0 Å². The highest BCUT2D eigenvalue weighted by molar-refractivity contribution is 5.93. The van der Waals surface area contributed by atoms with Gasteiger partial charge in [-0.1, -0.05) is 64.4 Å². The van der Waals surface area contributed by atoms with Crippen LogP contribution in [-0.2, 0) is 30.5 Å². The van der Waals surface area contributed by atoms with Crippen LogP contribution in [0.5, 0.6) is 0 Å². The number of amides is 3. The summed E-state index contributed by atoms with van der Waals surface area (Å²) in [7, 11) is 0. The lowest BCUT2D eigenvalue weighted by atomic mass is 9.96. The summed E-state index contributed by atoms with van der Waals surface area (Å²) in [4.78, 5) is 49.3. The molecule has 0 aliphatic carbocycles. The molecule has 4 atom stereocenters. The zero-order chi connectivity index (χ0) is 25.0. The number of carbonyl (C=O) groups excluding carboxylic acids is 4. The zero-order valence-corrected chi connectivity index (χ0v) is 20.0. The smallest absolute Gasteiger partial charge is 0.306 e. The largest absolute Gasteiger partial charge is 0.461 e. The van der Waals surface area contributed by atoms with E-state index < -0.39 is 41.8 Å². The number of benzene rings is 1. The van der Waals surface area contributed by atoms with Gasteiger partial charge in [-0.2, -0.15) is 0 Å². The highest BCUT2D eigenvalue weighted by atomic mass is 16.5. The molecule has 0 saturated heterocycles. The summed E-state index contributed by atoms with van der Waals surface area (Å²) in [6.45, 7) is 7.73. The molecule has 6 N–H and O–H groups in total. The highest BCUT2D eigenvalue weighted by Gasteiger charge is 2.30. The summed E-state index contributed by atoms with van der Waals surface area (Å²) in [6.07, 6.45) is 0.990. The lowest BCUT2D eigenvalue weighted by Crippen LogP contribution is -2.57. The number of rotatable bonds is 14. The second-order valence-electron chi connectivity index (χ2n) is 8.76. The SMILES string of the molecule is CC[C@@H](C)[C@@H](NC(=O)[C@H](N)CC(C)C)C(=O)N[C@@H](CCC(=O)OCc1ccccc1)C(N)=O. The summed E-state index contributed by atoms with van der Waals surface area (Å²) in [5.41, 5.74) is 12.2. The third kappa shape index (κ3) is 10.5. The number of nitrogens with one attached hydrogen (secondary N) is 2. The molecule has 0 aliphatic heterocycles. The van der Waals surface area contributed by atoms with Crippen LogP contribution >= 0.6 is 0 Å². The summed E-state index contributed by atoms with van der Waals surface area (Å²) >= 11 is 0. The first kappa shape index (κ1) is 28.1. The van der Waals surface area contributed by atoms with Crippen molar-refractivity contribution in [3.05, 3.63) is 35.9 Å². The Morgan fingerprint density at radius 1 is 1.00 bits per heavy atom. The molecule has 33 heavy (non-hydrogen) atoms. The molecular weight excluding hydrogens is 424 g/mol. The molecule has 9 nitrogen and oxygen atoms in total. The summed E-state index contributed by atoms with van der Waals surface area (Å²) in [5.74, 6) is -2.23. The average molecular weight is 463 g/mol. The molecule has 3 amide bonds. The first-order valence-electron chi connectivity index (χ1n) is 11.4. The van der Waals surface area contributed by atoms with E-state index in [1.165, 1.54) is 0 Å². The fraction of sp³-hybridized carbons (Fsp3) is 0.583. The first-order valence-corrected chi connectivity index (χ1v) is 11.4. The predicted molar refractivity (Wildman–Crippen MR) is 125 cm³/mol. The molecule has 0 saturated carbocycles. The van der Waals surface area contributed by atoms with Gasteiger partial charge in [-0.15, -0.1) is 0 Å².